The molecule has 1 aliphatic rings. The standard InChI is InChI=1S/C23H24F3N3O/c1-16-6-7-22-21(12-16)18(14-27-8-10-28(11-9-27)17(2)30)15-29(22)20-5-3-4-19(13-20)23(24,25)26/h3-7,12-13,15H,8-11,14H2,1-2H3. The Morgan fingerprint density at radius 1 is 1.03 bits per heavy atom. The van der Waals surface area contributed by atoms with Gasteiger partial charge in [0.2, 0.25) is 5.91 Å². The van der Waals surface area contributed by atoms with E-state index in [4.69, 9.17) is 0 Å². The quantitative estimate of drug-likeness (QED) is 0.625. The van der Waals surface area contributed by atoms with Gasteiger partial charge in [-0.15, -0.1) is 0 Å². The maximum Gasteiger partial charge on any atom is 0.416 e. The Hall–Kier alpha value is -2.80. The minimum Gasteiger partial charge on any atom is -0.340 e. The molecule has 0 saturated carbocycles. The lowest BCUT2D eigenvalue weighted by atomic mass is 10.1. The average Bonchev–Trinajstić information content (AvgIpc) is 3.05. The van der Waals surface area contributed by atoms with Crippen molar-refractivity contribution in [3.8, 4) is 5.69 Å². The molecule has 0 spiro atoms. The molecule has 1 saturated heterocycles. The lowest BCUT2D eigenvalue weighted by molar-refractivity contribution is -0.137. The normalized spacial score (nSPS) is 15.7. The van der Waals surface area contributed by atoms with Gasteiger partial charge in [0.05, 0.1) is 11.1 Å². The first-order valence-electron chi connectivity index (χ1n) is 9.98. The van der Waals surface area contributed by atoms with Gasteiger partial charge in [0.1, 0.15) is 0 Å². The van der Waals surface area contributed by atoms with Crippen LogP contribution in [0, 0.1) is 6.92 Å². The average molecular weight is 415 g/mol. The lowest BCUT2D eigenvalue weighted by Crippen LogP contribution is -2.47. The van der Waals surface area contributed by atoms with Crippen molar-refractivity contribution in [3.05, 3.63) is 65.4 Å². The molecule has 4 nitrogen and oxygen atoms in total. The molecule has 2 aromatic carbocycles. The second-order valence-electron chi connectivity index (χ2n) is 7.88. The summed E-state index contributed by atoms with van der Waals surface area (Å²) in [5.74, 6) is 0.0893. The zero-order chi connectivity index (χ0) is 21.5. The van der Waals surface area contributed by atoms with Crippen molar-refractivity contribution in [1.29, 1.82) is 0 Å². The topological polar surface area (TPSA) is 28.5 Å². The summed E-state index contributed by atoms with van der Waals surface area (Å²) in [6, 6.07) is 11.4. The van der Waals surface area contributed by atoms with Crippen LogP contribution in [0.4, 0.5) is 13.2 Å². The molecule has 7 heteroatoms. The molecule has 158 valence electrons. The Kier molecular flexibility index (Phi) is 5.32. The smallest absolute Gasteiger partial charge is 0.340 e. The Morgan fingerprint density at radius 3 is 2.43 bits per heavy atom. The highest BCUT2D eigenvalue weighted by atomic mass is 19.4. The molecular formula is C23H24F3N3O. The third-order valence-corrected chi connectivity index (χ3v) is 5.71. The van der Waals surface area contributed by atoms with Crippen LogP contribution in [0.25, 0.3) is 16.6 Å². The molecule has 1 fully saturated rings. The molecule has 2 heterocycles. The van der Waals surface area contributed by atoms with Gasteiger partial charge in [-0.2, -0.15) is 13.2 Å². The SMILES string of the molecule is CC(=O)N1CCN(Cc2cn(-c3cccc(C(F)(F)F)c3)c3ccc(C)cc23)CC1. The Labute approximate surface area is 173 Å². The van der Waals surface area contributed by atoms with Crippen LogP contribution in [-0.2, 0) is 17.5 Å². The number of carbonyl (C=O) groups is 1. The lowest BCUT2D eigenvalue weighted by Gasteiger charge is -2.34. The summed E-state index contributed by atoms with van der Waals surface area (Å²) in [4.78, 5) is 15.7. The van der Waals surface area contributed by atoms with Crippen LogP contribution in [0.2, 0.25) is 0 Å². The van der Waals surface area contributed by atoms with Gasteiger partial charge in [0, 0.05) is 56.9 Å². The molecule has 30 heavy (non-hydrogen) atoms. The molecule has 4 rings (SSSR count). The largest absolute Gasteiger partial charge is 0.416 e. The van der Waals surface area contributed by atoms with Gasteiger partial charge in [-0.05, 0) is 42.8 Å². The monoisotopic (exact) mass is 415 g/mol. The third kappa shape index (κ3) is 4.07. The van der Waals surface area contributed by atoms with E-state index in [1.807, 2.05) is 34.7 Å². The number of benzene rings is 2. The predicted molar refractivity (Wildman–Crippen MR) is 111 cm³/mol. The van der Waals surface area contributed by atoms with Crippen molar-refractivity contribution in [2.24, 2.45) is 0 Å². The summed E-state index contributed by atoms with van der Waals surface area (Å²) < 4.78 is 41.5. The van der Waals surface area contributed by atoms with E-state index >= 15 is 0 Å². The summed E-state index contributed by atoms with van der Waals surface area (Å²) in [5, 5.41) is 1.04. The number of hydrogen-bond donors (Lipinski definition) is 0. The van der Waals surface area contributed by atoms with Crippen molar-refractivity contribution < 1.29 is 18.0 Å². The highest BCUT2D eigenvalue weighted by molar-refractivity contribution is 5.86. The molecule has 0 N–H and O–H groups in total. The van der Waals surface area contributed by atoms with Crippen LogP contribution in [-0.4, -0.2) is 46.5 Å². The van der Waals surface area contributed by atoms with Crippen LogP contribution in [0.5, 0.6) is 0 Å². The molecule has 0 unspecified atom stereocenters. The van der Waals surface area contributed by atoms with Crippen molar-refractivity contribution >= 4 is 16.8 Å². The summed E-state index contributed by atoms with van der Waals surface area (Å²) >= 11 is 0. The molecule has 1 aliphatic heterocycles. The Balaban J connectivity index is 1.69. The van der Waals surface area contributed by atoms with Crippen LogP contribution in [0.15, 0.2) is 48.7 Å². The van der Waals surface area contributed by atoms with Crippen LogP contribution >= 0.6 is 0 Å². The zero-order valence-corrected chi connectivity index (χ0v) is 17.0. The van der Waals surface area contributed by atoms with Gasteiger partial charge in [0.25, 0.3) is 0 Å². The fourth-order valence-corrected chi connectivity index (χ4v) is 4.05. The van der Waals surface area contributed by atoms with E-state index in [1.54, 1.807) is 13.0 Å². The van der Waals surface area contributed by atoms with E-state index in [2.05, 4.69) is 11.0 Å². The number of aryl methyl sites for hydroxylation is 1. The van der Waals surface area contributed by atoms with Crippen molar-refractivity contribution in [2.75, 3.05) is 26.2 Å². The number of nitrogens with zero attached hydrogens (tertiary/aromatic N) is 3. The second kappa shape index (κ2) is 7.80. The molecule has 0 radical (unpaired) electrons. The van der Waals surface area contributed by atoms with Crippen molar-refractivity contribution in [3.63, 3.8) is 0 Å². The Bertz CT molecular complexity index is 1080. The number of amides is 1. The molecule has 1 aromatic heterocycles. The Morgan fingerprint density at radius 2 is 1.77 bits per heavy atom. The molecule has 0 aliphatic carbocycles. The number of halogens is 3. The number of hydrogen-bond acceptors (Lipinski definition) is 2. The minimum absolute atomic E-state index is 0.0893. The van der Waals surface area contributed by atoms with Gasteiger partial charge in [-0.25, -0.2) is 0 Å². The highest BCUT2D eigenvalue weighted by Gasteiger charge is 2.30. The van der Waals surface area contributed by atoms with Crippen molar-refractivity contribution in [2.45, 2.75) is 26.6 Å². The van der Waals surface area contributed by atoms with E-state index in [-0.39, 0.29) is 5.91 Å². The number of fused-ring (bicyclic) bond motifs is 1. The van der Waals surface area contributed by atoms with Gasteiger partial charge in [-0.1, -0.05) is 17.7 Å². The van der Waals surface area contributed by atoms with E-state index in [9.17, 15) is 18.0 Å². The van der Waals surface area contributed by atoms with Crippen LogP contribution < -0.4 is 0 Å². The third-order valence-electron chi connectivity index (χ3n) is 5.71. The predicted octanol–water partition coefficient (Wildman–Crippen LogP) is 4.62. The van der Waals surface area contributed by atoms with Gasteiger partial charge in [-0.3, -0.25) is 9.69 Å². The fraction of sp³-hybridized carbons (Fsp3) is 0.348. The summed E-state index contributed by atoms with van der Waals surface area (Å²) in [6.45, 7) is 7.24. The minimum atomic E-state index is -4.38. The number of piperazine rings is 1. The molecule has 1 amide bonds. The summed E-state index contributed by atoms with van der Waals surface area (Å²) in [5.41, 5.74) is 2.90. The molecule has 0 atom stereocenters. The van der Waals surface area contributed by atoms with Gasteiger partial charge < -0.3 is 9.47 Å². The van der Waals surface area contributed by atoms with E-state index < -0.39 is 11.7 Å². The van der Waals surface area contributed by atoms with Crippen molar-refractivity contribution in [1.82, 2.24) is 14.4 Å². The number of rotatable bonds is 3. The molecule has 3 aromatic rings. The van der Waals surface area contributed by atoms with Crippen LogP contribution in [0.1, 0.15) is 23.6 Å². The van der Waals surface area contributed by atoms with E-state index in [0.29, 0.717) is 25.3 Å². The fourth-order valence-electron chi connectivity index (χ4n) is 4.05. The van der Waals surface area contributed by atoms with E-state index in [0.717, 1.165) is 41.2 Å². The maximum absolute atomic E-state index is 13.2. The number of carbonyl (C=O) groups excluding carboxylic acids is 1. The second-order valence-corrected chi connectivity index (χ2v) is 7.88. The highest BCUT2D eigenvalue weighted by Crippen LogP contribution is 2.32. The molecule has 0 bridgehead atoms. The zero-order valence-electron chi connectivity index (χ0n) is 17.0. The summed E-state index contributed by atoms with van der Waals surface area (Å²) in [6.07, 6.45) is -2.44. The first kappa shape index (κ1) is 20.5. The van der Waals surface area contributed by atoms with Gasteiger partial charge in [0.15, 0.2) is 0 Å². The number of alkyl halides is 3. The first-order chi connectivity index (χ1) is 14.2. The van der Waals surface area contributed by atoms with Gasteiger partial charge >= 0.3 is 6.18 Å². The van der Waals surface area contributed by atoms with Crippen LogP contribution in [0.3, 0.4) is 0 Å². The maximum atomic E-state index is 13.2. The summed E-state index contributed by atoms with van der Waals surface area (Å²) in [7, 11) is 0. The first-order valence-corrected chi connectivity index (χ1v) is 9.98. The number of aromatic nitrogens is 1. The molecular weight excluding hydrogens is 391 g/mol. The van der Waals surface area contributed by atoms with E-state index in [1.165, 1.54) is 12.1 Å².